The van der Waals surface area contributed by atoms with Crippen molar-refractivity contribution in [3.05, 3.63) is 72.1 Å². The summed E-state index contributed by atoms with van der Waals surface area (Å²) in [6.07, 6.45) is 1.50. The molecule has 4 aromatic rings. The summed E-state index contributed by atoms with van der Waals surface area (Å²) in [7, 11) is 2.11. The van der Waals surface area contributed by atoms with Gasteiger partial charge in [0.15, 0.2) is 0 Å². The zero-order valence-corrected chi connectivity index (χ0v) is 16.1. The van der Waals surface area contributed by atoms with E-state index in [1.54, 1.807) is 0 Å². The molecule has 0 bridgehead atoms. The standard InChI is InChI=1S/C22H23N5O/c1-16-8-10-18(11-9-16)20-19-21(24-15-25-22(19)28-26-20)23-12-13-27(2)14-17-6-4-3-5-7-17/h3-11,15H,12-14H2,1-2H3,(H,23,24,25). The van der Waals surface area contributed by atoms with Crippen LogP contribution in [-0.4, -0.2) is 40.2 Å². The zero-order valence-electron chi connectivity index (χ0n) is 16.1. The summed E-state index contributed by atoms with van der Waals surface area (Å²) in [5.41, 5.74) is 4.74. The van der Waals surface area contributed by atoms with Gasteiger partial charge in [0.2, 0.25) is 0 Å². The fourth-order valence-corrected chi connectivity index (χ4v) is 3.17. The van der Waals surface area contributed by atoms with E-state index in [2.05, 4.69) is 75.7 Å². The van der Waals surface area contributed by atoms with Crippen LogP contribution in [0.2, 0.25) is 0 Å². The topological polar surface area (TPSA) is 67.1 Å². The average molecular weight is 373 g/mol. The van der Waals surface area contributed by atoms with Gasteiger partial charge in [-0.15, -0.1) is 0 Å². The minimum Gasteiger partial charge on any atom is -0.368 e. The minimum absolute atomic E-state index is 0.491. The molecule has 0 unspecified atom stereocenters. The maximum absolute atomic E-state index is 5.43. The quantitative estimate of drug-likeness (QED) is 0.525. The normalized spacial score (nSPS) is 11.2. The van der Waals surface area contributed by atoms with E-state index >= 15 is 0 Å². The van der Waals surface area contributed by atoms with E-state index in [9.17, 15) is 0 Å². The third-order valence-corrected chi connectivity index (χ3v) is 4.68. The van der Waals surface area contributed by atoms with Gasteiger partial charge in [-0.1, -0.05) is 65.3 Å². The fourth-order valence-electron chi connectivity index (χ4n) is 3.17. The first-order valence-corrected chi connectivity index (χ1v) is 9.34. The molecule has 2 aromatic heterocycles. The van der Waals surface area contributed by atoms with Crippen molar-refractivity contribution < 1.29 is 4.52 Å². The zero-order chi connectivity index (χ0) is 19.3. The number of aromatic nitrogens is 3. The molecule has 0 atom stereocenters. The second-order valence-electron chi connectivity index (χ2n) is 6.95. The number of rotatable bonds is 7. The van der Waals surface area contributed by atoms with Crippen molar-refractivity contribution in [3.8, 4) is 11.3 Å². The maximum Gasteiger partial charge on any atom is 0.263 e. The molecule has 0 radical (unpaired) electrons. The number of likely N-dealkylation sites (N-methyl/N-ethyl adjacent to an activating group) is 1. The Kier molecular flexibility index (Phi) is 5.30. The number of hydrogen-bond acceptors (Lipinski definition) is 6. The van der Waals surface area contributed by atoms with Crippen LogP contribution in [-0.2, 0) is 6.54 Å². The lowest BCUT2D eigenvalue weighted by Gasteiger charge is -2.17. The Bertz CT molecular complexity index is 1040. The summed E-state index contributed by atoms with van der Waals surface area (Å²) in [5, 5.41) is 8.46. The highest BCUT2D eigenvalue weighted by Crippen LogP contribution is 2.31. The van der Waals surface area contributed by atoms with Crippen LogP contribution >= 0.6 is 0 Å². The third kappa shape index (κ3) is 4.02. The Labute approximate surface area is 164 Å². The maximum atomic E-state index is 5.43. The SMILES string of the molecule is Cc1ccc(-c2noc3ncnc(NCCN(C)Cc4ccccc4)c23)cc1. The minimum atomic E-state index is 0.491. The highest BCUT2D eigenvalue weighted by molar-refractivity contribution is 5.97. The number of fused-ring (bicyclic) bond motifs is 1. The molecule has 28 heavy (non-hydrogen) atoms. The molecule has 142 valence electrons. The van der Waals surface area contributed by atoms with E-state index in [1.165, 1.54) is 17.5 Å². The highest BCUT2D eigenvalue weighted by atomic mass is 16.5. The van der Waals surface area contributed by atoms with Gasteiger partial charge in [0.25, 0.3) is 5.71 Å². The summed E-state index contributed by atoms with van der Waals surface area (Å²) in [6, 6.07) is 18.7. The number of anilines is 1. The van der Waals surface area contributed by atoms with Crippen molar-refractivity contribution in [1.82, 2.24) is 20.0 Å². The molecule has 0 aliphatic carbocycles. The molecular weight excluding hydrogens is 350 g/mol. The van der Waals surface area contributed by atoms with Crippen LogP contribution in [0, 0.1) is 6.92 Å². The molecular formula is C22H23N5O. The molecule has 2 aromatic carbocycles. The summed E-state index contributed by atoms with van der Waals surface area (Å²) in [5.74, 6) is 0.745. The number of nitrogens with one attached hydrogen (secondary N) is 1. The number of benzene rings is 2. The van der Waals surface area contributed by atoms with Gasteiger partial charge < -0.3 is 14.7 Å². The van der Waals surface area contributed by atoms with Gasteiger partial charge in [-0.3, -0.25) is 0 Å². The van der Waals surface area contributed by atoms with Crippen molar-refractivity contribution in [3.63, 3.8) is 0 Å². The van der Waals surface area contributed by atoms with Gasteiger partial charge >= 0.3 is 0 Å². The van der Waals surface area contributed by atoms with Crippen LogP contribution in [0.5, 0.6) is 0 Å². The van der Waals surface area contributed by atoms with Crippen LogP contribution in [0.3, 0.4) is 0 Å². The highest BCUT2D eigenvalue weighted by Gasteiger charge is 2.16. The Balaban J connectivity index is 1.48. The second kappa shape index (κ2) is 8.19. The fraction of sp³-hybridized carbons (Fsp3) is 0.227. The van der Waals surface area contributed by atoms with Gasteiger partial charge in [-0.05, 0) is 19.5 Å². The van der Waals surface area contributed by atoms with Crippen LogP contribution in [0.15, 0.2) is 65.4 Å². The van der Waals surface area contributed by atoms with Crippen molar-refractivity contribution in [2.75, 3.05) is 25.5 Å². The van der Waals surface area contributed by atoms with E-state index in [0.717, 1.165) is 42.1 Å². The Hall–Kier alpha value is -3.25. The molecule has 4 rings (SSSR count). The number of aryl methyl sites for hydroxylation is 1. The van der Waals surface area contributed by atoms with E-state index in [-0.39, 0.29) is 0 Å². The third-order valence-electron chi connectivity index (χ3n) is 4.68. The second-order valence-corrected chi connectivity index (χ2v) is 6.95. The smallest absolute Gasteiger partial charge is 0.263 e. The van der Waals surface area contributed by atoms with E-state index < -0.39 is 0 Å². The first-order valence-electron chi connectivity index (χ1n) is 9.34. The van der Waals surface area contributed by atoms with E-state index in [4.69, 9.17) is 4.52 Å². The number of hydrogen-bond donors (Lipinski definition) is 1. The molecule has 0 fully saturated rings. The molecule has 6 nitrogen and oxygen atoms in total. The van der Waals surface area contributed by atoms with Gasteiger partial charge in [-0.25, -0.2) is 4.98 Å². The molecule has 0 aliphatic heterocycles. The van der Waals surface area contributed by atoms with Gasteiger partial charge in [-0.2, -0.15) is 4.98 Å². The van der Waals surface area contributed by atoms with Gasteiger partial charge in [0, 0.05) is 25.2 Å². The molecule has 0 spiro atoms. The Morgan fingerprint density at radius 2 is 1.79 bits per heavy atom. The van der Waals surface area contributed by atoms with Crippen molar-refractivity contribution in [1.29, 1.82) is 0 Å². The Morgan fingerprint density at radius 1 is 1.00 bits per heavy atom. The summed E-state index contributed by atoms with van der Waals surface area (Å²) >= 11 is 0. The molecule has 1 N–H and O–H groups in total. The van der Waals surface area contributed by atoms with Crippen molar-refractivity contribution in [2.45, 2.75) is 13.5 Å². The van der Waals surface area contributed by atoms with Crippen LogP contribution in [0.1, 0.15) is 11.1 Å². The van der Waals surface area contributed by atoms with E-state index in [1.807, 2.05) is 18.2 Å². The predicted octanol–water partition coefficient (Wildman–Crippen LogP) is 4.14. The first kappa shape index (κ1) is 18.1. The predicted molar refractivity (Wildman–Crippen MR) is 111 cm³/mol. The van der Waals surface area contributed by atoms with Crippen LogP contribution < -0.4 is 5.32 Å². The lowest BCUT2D eigenvalue weighted by molar-refractivity contribution is 0.340. The number of nitrogens with zero attached hydrogens (tertiary/aromatic N) is 4. The first-order chi connectivity index (χ1) is 13.7. The lowest BCUT2D eigenvalue weighted by Crippen LogP contribution is -2.25. The summed E-state index contributed by atoms with van der Waals surface area (Å²) in [6.45, 7) is 4.61. The monoisotopic (exact) mass is 373 g/mol. The largest absolute Gasteiger partial charge is 0.368 e. The van der Waals surface area contributed by atoms with Crippen molar-refractivity contribution >= 4 is 16.9 Å². The molecule has 0 saturated carbocycles. The molecule has 0 amide bonds. The Morgan fingerprint density at radius 3 is 2.57 bits per heavy atom. The van der Waals surface area contributed by atoms with E-state index in [0.29, 0.717) is 5.71 Å². The molecule has 0 aliphatic rings. The van der Waals surface area contributed by atoms with Gasteiger partial charge in [0.05, 0.1) is 0 Å². The van der Waals surface area contributed by atoms with Crippen LogP contribution in [0.25, 0.3) is 22.4 Å². The van der Waals surface area contributed by atoms with Crippen LogP contribution in [0.4, 0.5) is 5.82 Å². The average Bonchev–Trinajstić information content (AvgIpc) is 3.14. The molecule has 6 heteroatoms. The summed E-state index contributed by atoms with van der Waals surface area (Å²) in [4.78, 5) is 10.9. The molecule has 0 saturated heterocycles. The molecule has 2 heterocycles. The van der Waals surface area contributed by atoms with Gasteiger partial charge in [0.1, 0.15) is 23.2 Å². The summed E-state index contributed by atoms with van der Waals surface area (Å²) < 4.78 is 5.43. The van der Waals surface area contributed by atoms with Crippen molar-refractivity contribution in [2.24, 2.45) is 0 Å². The lowest BCUT2D eigenvalue weighted by atomic mass is 10.1.